The Morgan fingerprint density at radius 1 is 1.22 bits per heavy atom. The summed E-state index contributed by atoms with van der Waals surface area (Å²) >= 11 is 7.51. The lowest BCUT2D eigenvalue weighted by Gasteiger charge is -2.10. The Kier molecular flexibility index (Phi) is 6.20. The largest absolute Gasteiger partial charge is 0.383 e. The van der Waals surface area contributed by atoms with E-state index in [2.05, 4.69) is 20.6 Å². The molecule has 1 amide bonds. The first kappa shape index (κ1) is 21.9. The van der Waals surface area contributed by atoms with Gasteiger partial charge in [0.05, 0.1) is 0 Å². The van der Waals surface area contributed by atoms with E-state index in [1.165, 1.54) is 16.4 Å². The van der Waals surface area contributed by atoms with Gasteiger partial charge >= 0.3 is 0 Å². The zero-order valence-electron chi connectivity index (χ0n) is 17.7. The SMILES string of the molecule is CSc1nn(CC(=O)Nc2cccc(Cl)c2C)c(N)c1-c1nc(-c2ccc(C)cc2)no1. The summed E-state index contributed by atoms with van der Waals surface area (Å²) in [5, 5.41) is 12.5. The number of anilines is 2. The molecule has 4 aromatic rings. The van der Waals surface area contributed by atoms with Gasteiger partial charge in [0.2, 0.25) is 11.7 Å². The average Bonchev–Trinajstić information content (AvgIpc) is 3.36. The molecular weight excluding hydrogens is 448 g/mol. The van der Waals surface area contributed by atoms with Crippen LogP contribution in [0.5, 0.6) is 0 Å². The highest BCUT2D eigenvalue weighted by molar-refractivity contribution is 7.98. The van der Waals surface area contributed by atoms with Crippen LogP contribution in [0.3, 0.4) is 0 Å². The zero-order chi connectivity index (χ0) is 22.8. The summed E-state index contributed by atoms with van der Waals surface area (Å²) in [5.41, 5.74) is 10.2. The van der Waals surface area contributed by atoms with E-state index >= 15 is 0 Å². The van der Waals surface area contributed by atoms with E-state index in [1.54, 1.807) is 18.2 Å². The van der Waals surface area contributed by atoms with Crippen LogP contribution in [0.1, 0.15) is 11.1 Å². The quantitative estimate of drug-likeness (QED) is 0.390. The molecule has 2 aromatic heterocycles. The summed E-state index contributed by atoms with van der Waals surface area (Å²) in [6, 6.07) is 13.1. The molecule has 0 aliphatic carbocycles. The number of carbonyl (C=O) groups is 1. The van der Waals surface area contributed by atoms with Crippen LogP contribution in [0.4, 0.5) is 11.5 Å². The second kappa shape index (κ2) is 9.05. The van der Waals surface area contributed by atoms with Crippen molar-refractivity contribution in [2.45, 2.75) is 25.4 Å². The van der Waals surface area contributed by atoms with Crippen LogP contribution >= 0.6 is 23.4 Å². The predicted molar refractivity (Wildman–Crippen MR) is 127 cm³/mol. The molecule has 0 atom stereocenters. The molecule has 0 saturated heterocycles. The molecule has 2 aromatic carbocycles. The molecular formula is C22H21ClN6O2S. The predicted octanol–water partition coefficient (Wildman–Crippen LogP) is 4.81. The summed E-state index contributed by atoms with van der Waals surface area (Å²) in [5.74, 6) is 0.689. The van der Waals surface area contributed by atoms with Gasteiger partial charge in [-0.3, -0.25) is 4.79 Å². The standard InChI is InChI=1S/C22H21ClN6O2S/c1-12-7-9-14(10-8-12)20-26-21(31-28-20)18-19(24)29(27-22(18)32-3)11-17(30)25-16-6-4-5-15(23)13(16)2/h4-10H,11,24H2,1-3H3,(H,25,30). The Morgan fingerprint density at radius 3 is 2.69 bits per heavy atom. The van der Waals surface area contributed by atoms with Crippen molar-refractivity contribution >= 4 is 40.8 Å². The van der Waals surface area contributed by atoms with Gasteiger partial charge in [0, 0.05) is 16.3 Å². The number of aromatic nitrogens is 4. The van der Waals surface area contributed by atoms with Gasteiger partial charge < -0.3 is 15.6 Å². The van der Waals surface area contributed by atoms with Crippen molar-refractivity contribution in [1.82, 2.24) is 19.9 Å². The van der Waals surface area contributed by atoms with Gasteiger partial charge in [-0.25, -0.2) is 4.68 Å². The van der Waals surface area contributed by atoms with Crippen molar-refractivity contribution in [2.75, 3.05) is 17.3 Å². The summed E-state index contributed by atoms with van der Waals surface area (Å²) in [7, 11) is 0. The smallest absolute Gasteiger partial charge is 0.264 e. The van der Waals surface area contributed by atoms with E-state index < -0.39 is 0 Å². The number of hydrogen-bond donors (Lipinski definition) is 2. The Labute approximate surface area is 194 Å². The number of nitrogen functional groups attached to an aromatic ring is 1. The maximum atomic E-state index is 12.6. The number of benzene rings is 2. The van der Waals surface area contributed by atoms with E-state index in [-0.39, 0.29) is 24.2 Å². The lowest BCUT2D eigenvalue weighted by atomic mass is 10.1. The molecule has 0 aliphatic heterocycles. The highest BCUT2D eigenvalue weighted by atomic mass is 35.5. The van der Waals surface area contributed by atoms with Gasteiger partial charge in [-0.2, -0.15) is 10.1 Å². The molecule has 0 unspecified atom stereocenters. The fraction of sp³-hybridized carbons (Fsp3) is 0.182. The third-order valence-corrected chi connectivity index (χ3v) is 6.02. The molecule has 0 saturated carbocycles. The Hall–Kier alpha value is -3.30. The van der Waals surface area contributed by atoms with Gasteiger partial charge in [-0.1, -0.05) is 52.7 Å². The van der Waals surface area contributed by atoms with Crippen LogP contribution in [0.25, 0.3) is 22.8 Å². The highest BCUT2D eigenvalue weighted by Gasteiger charge is 2.24. The van der Waals surface area contributed by atoms with Crippen LogP contribution in [0, 0.1) is 13.8 Å². The first-order chi connectivity index (χ1) is 15.4. The van der Waals surface area contributed by atoms with Gasteiger partial charge in [0.15, 0.2) is 0 Å². The lowest BCUT2D eigenvalue weighted by molar-refractivity contribution is -0.116. The van der Waals surface area contributed by atoms with E-state index in [0.29, 0.717) is 27.1 Å². The first-order valence-corrected chi connectivity index (χ1v) is 11.3. The Morgan fingerprint density at radius 2 is 1.97 bits per heavy atom. The van der Waals surface area contributed by atoms with Crippen LogP contribution in [0.15, 0.2) is 52.0 Å². The van der Waals surface area contributed by atoms with Crippen molar-refractivity contribution in [3.63, 3.8) is 0 Å². The molecule has 4 rings (SSSR count). The van der Waals surface area contributed by atoms with Crippen molar-refractivity contribution in [1.29, 1.82) is 0 Å². The lowest BCUT2D eigenvalue weighted by Crippen LogP contribution is -2.21. The molecule has 0 radical (unpaired) electrons. The van der Waals surface area contributed by atoms with Crippen LogP contribution < -0.4 is 11.1 Å². The number of hydrogen-bond acceptors (Lipinski definition) is 7. The van der Waals surface area contributed by atoms with E-state index in [9.17, 15) is 4.79 Å². The second-order valence-electron chi connectivity index (χ2n) is 7.18. The third-order valence-electron chi connectivity index (χ3n) is 4.94. The molecule has 32 heavy (non-hydrogen) atoms. The zero-order valence-corrected chi connectivity index (χ0v) is 19.3. The number of nitrogens with zero attached hydrogens (tertiary/aromatic N) is 4. The molecule has 2 heterocycles. The number of nitrogens with one attached hydrogen (secondary N) is 1. The van der Waals surface area contributed by atoms with Crippen molar-refractivity contribution in [3.05, 3.63) is 58.6 Å². The van der Waals surface area contributed by atoms with Crippen molar-refractivity contribution in [2.24, 2.45) is 0 Å². The number of aryl methyl sites for hydroxylation is 1. The van der Waals surface area contributed by atoms with Gasteiger partial charge in [0.25, 0.3) is 5.89 Å². The average molecular weight is 469 g/mol. The van der Waals surface area contributed by atoms with Crippen molar-refractivity contribution < 1.29 is 9.32 Å². The second-order valence-corrected chi connectivity index (χ2v) is 8.38. The molecule has 8 nitrogen and oxygen atoms in total. The topological polar surface area (TPSA) is 112 Å². The molecule has 0 bridgehead atoms. The minimum atomic E-state index is -0.283. The highest BCUT2D eigenvalue weighted by Crippen LogP contribution is 2.35. The first-order valence-electron chi connectivity index (χ1n) is 9.73. The van der Waals surface area contributed by atoms with E-state index in [0.717, 1.165) is 16.7 Å². The van der Waals surface area contributed by atoms with Crippen molar-refractivity contribution in [3.8, 4) is 22.8 Å². The van der Waals surface area contributed by atoms with Crippen LogP contribution in [0.2, 0.25) is 5.02 Å². The van der Waals surface area contributed by atoms with Crippen LogP contribution in [-0.2, 0) is 11.3 Å². The van der Waals surface area contributed by atoms with E-state index in [1.807, 2.05) is 44.4 Å². The molecule has 0 aliphatic rings. The summed E-state index contributed by atoms with van der Waals surface area (Å²) in [4.78, 5) is 17.1. The molecule has 164 valence electrons. The number of rotatable bonds is 6. The Bertz CT molecular complexity index is 1280. The number of carbonyl (C=O) groups excluding carboxylic acids is 1. The minimum absolute atomic E-state index is 0.0791. The summed E-state index contributed by atoms with van der Waals surface area (Å²) < 4.78 is 6.90. The third kappa shape index (κ3) is 4.35. The van der Waals surface area contributed by atoms with Gasteiger partial charge in [-0.15, -0.1) is 11.8 Å². The number of amides is 1. The maximum Gasteiger partial charge on any atom is 0.264 e. The number of thioether (sulfide) groups is 1. The fourth-order valence-electron chi connectivity index (χ4n) is 3.13. The molecule has 0 fully saturated rings. The normalized spacial score (nSPS) is 11.0. The summed E-state index contributed by atoms with van der Waals surface area (Å²) in [6.07, 6.45) is 1.86. The molecule has 0 spiro atoms. The maximum absolute atomic E-state index is 12.6. The van der Waals surface area contributed by atoms with Crippen LogP contribution in [-0.4, -0.2) is 32.1 Å². The minimum Gasteiger partial charge on any atom is -0.383 e. The fourth-order valence-corrected chi connectivity index (χ4v) is 3.88. The Balaban J connectivity index is 1.59. The molecule has 3 N–H and O–H groups in total. The van der Waals surface area contributed by atoms with Gasteiger partial charge in [-0.05, 0) is 37.8 Å². The van der Waals surface area contributed by atoms with E-state index in [4.69, 9.17) is 21.9 Å². The number of halogens is 1. The molecule has 10 heteroatoms. The monoisotopic (exact) mass is 468 g/mol. The summed E-state index contributed by atoms with van der Waals surface area (Å²) in [6.45, 7) is 3.77. The number of nitrogens with two attached hydrogens (primary N) is 1. The van der Waals surface area contributed by atoms with Gasteiger partial charge in [0.1, 0.15) is 23.0 Å².